The van der Waals surface area contributed by atoms with Crippen molar-refractivity contribution in [1.82, 2.24) is 19.6 Å². The summed E-state index contributed by atoms with van der Waals surface area (Å²) in [6.45, 7) is 0. The van der Waals surface area contributed by atoms with Crippen molar-refractivity contribution < 1.29 is 18.0 Å². The van der Waals surface area contributed by atoms with Crippen LogP contribution in [0.25, 0.3) is 11.4 Å². The molecule has 0 bridgehead atoms. The summed E-state index contributed by atoms with van der Waals surface area (Å²) in [5.41, 5.74) is 4.87. The molecule has 0 saturated heterocycles. The number of hydrogen-bond donors (Lipinski definition) is 1. The number of allylic oxidation sites excluding steroid dienone is 2. The molecule has 0 unspecified atom stereocenters. The third-order valence-electron chi connectivity index (χ3n) is 3.63. The molecule has 0 aliphatic heterocycles. The maximum absolute atomic E-state index is 13.3. The van der Waals surface area contributed by atoms with Gasteiger partial charge in [-0.3, -0.25) is 9.48 Å². The molecule has 0 atom stereocenters. The van der Waals surface area contributed by atoms with E-state index in [0.717, 1.165) is 4.68 Å². The lowest BCUT2D eigenvalue weighted by Gasteiger charge is -2.14. The molecule has 2 aromatic rings. The fourth-order valence-electron chi connectivity index (χ4n) is 2.63. The van der Waals surface area contributed by atoms with Crippen LogP contribution in [0.3, 0.4) is 0 Å². The van der Waals surface area contributed by atoms with Crippen LogP contribution in [-0.4, -0.2) is 25.3 Å². The first-order valence-electron chi connectivity index (χ1n) is 6.97. The fraction of sp³-hybridized carbons (Fsp3) is 0.357. The standard InChI is InChI=1S/C14H14F3N5O/c1-21-6-5-10(19-21)22-13(18)11(12(20-22)14(15,16)17)8-3-2-4-9(23)7-8/h5-7H,2-4,18H2,1H3. The van der Waals surface area contributed by atoms with Crippen LogP contribution in [0.4, 0.5) is 19.0 Å². The summed E-state index contributed by atoms with van der Waals surface area (Å²) in [4.78, 5) is 11.6. The molecule has 0 amide bonds. The maximum Gasteiger partial charge on any atom is 0.435 e. The van der Waals surface area contributed by atoms with E-state index in [2.05, 4.69) is 10.2 Å². The van der Waals surface area contributed by atoms with Gasteiger partial charge in [0.2, 0.25) is 0 Å². The van der Waals surface area contributed by atoms with E-state index in [0.29, 0.717) is 19.3 Å². The average molecular weight is 325 g/mol. The zero-order valence-electron chi connectivity index (χ0n) is 12.3. The Morgan fingerprint density at radius 2 is 2.00 bits per heavy atom. The predicted octanol–water partition coefficient (Wildman–Crippen LogP) is 2.34. The summed E-state index contributed by atoms with van der Waals surface area (Å²) in [6, 6.07) is 1.51. The second-order valence-electron chi connectivity index (χ2n) is 5.36. The van der Waals surface area contributed by atoms with Crippen LogP contribution in [0, 0.1) is 0 Å². The minimum absolute atomic E-state index is 0.169. The molecule has 122 valence electrons. The van der Waals surface area contributed by atoms with Crippen molar-refractivity contribution in [1.29, 1.82) is 0 Å². The third kappa shape index (κ3) is 2.73. The number of aromatic nitrogens is 4. The Kier molecular flexibility index (Phi) is 3.50. The van der Waals surface area contributed by atoms with Gasteiger partial charge in [-0.2, -0.15) is 28.1 Å². The highest BCUT2D eigenvalue weighted by atomic mass is 19.4. The molecule has 0 radical (unpaired) electrons. The molecule has 2 aromatic heterocycles. The molecule has 0 aromatic carbocycles. The highest BCUT2D eigenvalue weighted by molar-refractivity contribution is 5.99. The third-order valence-corrected chi connectivity index (χ3v) is 3.63. The van der Waals surface area contributed by atoms with E-state index < -0.39 is 11.9 Å². The van der Waals surface area contributed by atoms with Gasteiger partial charge in [0, 0.05) is 25.7 Å². The molecule has 2 heterocycles. The maximum atomic E-state index is 13.3. The van der Waals surface area contributed by atoms with Crippen molar-refractivity contribution in [2.45, 2.75) is 25.4 Å². The molecular formula is C14H14F3N5O. The second kappa shape index (κ2) is 5.25. The molecule has 3 rings (SSSR count). The van der Waals surface area contributed by atoms with E-state index in [1.165, 1.54) is 16.8 Å². The van der Waals surface area contributed by atoms with Gasteiger partial charge >= 0.3 is 6.18 Å². The number of aryl methyl sites for hydroxylation is 1. The molecule has 0 saturated carbocycles. The number of nitrogen functional groups attached to an aromatic ring is 1. The number of hydrogen-bond acceptors (Lipinski definition) is 4. The van der Waals surface area contributed by atoms with Gasteiger partial charge in [-0.05, 0) is 24.5 Å². The monoisotopic (exact) mass is 325 g/mol. The number of alkyl halides is 3. The molecule has 6 nitrogen and oxygen atoms in total. The Morgan fingerprint density at radius 3 is 2.57 bits per heavy atom. The molecular weight excluding hydrogens is 311 g/mol. The summed E-state index contributed by atoms with van der Waals surface area (Å²) in [7, 11) is 1.64. The number of halogens is 3. The molecule has 2 N–H and O–H groups in total. The summed E-state index contributed by atoms with van der Waals surface area (Å²) in [5.74, 6) is -0.189. The Bertz CT molecular complexity index is 800. The SMILES string of the molecule is Cn1ccc(-n2nc(C(F)(F)F)c(C3=CC(=O)CCC3)c2N)n1. The van der Waals surface area contributed by atoms with Crippen molar-refractivity contribution in [3.63, 3.8) is 0 Å². The zero-order chi connectivity index (χ0) is 16.8. The fourth-order valence-corrected chi connectivity index (χ4v) is 2.63. The zero-order valence-corrected chi connectivity index (χ0v) is 12.3. The highest BCUT2D eigenvalue weighted by Gasteiger charge is 2.40. The van der Waals surface area contributed by atoms with E-state index in [1.807, 2.05) is 0 Å². The Morgan fingerprint density at radius 1 is 1.26 bits per heavy atom. The van der Waals surface area contributed by atoms with E-state index in [4.69, 9.17) is 5.73 Å². The van der Waals surface area contributed by atoms with E-state index in [9.17, 15) is 18.0 Å². The normalized spacial score (nSPS) is 15.8. The first kappa shape index (κ1) is 15.3. The topological polar surface area (TPSA) is 78.7 Å². The van der Waals surface area contributed by atoms with Gasteiger partial charge in [0.05, 0.1) is 5.56 Å². The van der Waals surface area contributed by atoms with E-state index in [-0.39, 0.29) is 28.6 Å². The first-order chi connectivity index (χ1) is 10.8. The van der Waals surface area contributed by atoms with Gasteiger partial charge in [-0.15, -0.1) is 0 Å². The number of nitrogens with two attached hydrogens (primary N) is 1. The quantitative estimate of drug-likeness (QED) is 0.919. The van der Waals surface area contributed by atoms with Crippen LogP contribution < -0.4 is 5.73 Å². The Labute approximate surface area is 129 Å². The average Bonchev–Trinajstić information content (AvgIpc) is 3.02. The van der Waals surface area contributed by atoms with Crippen molar-refractivity contribution in [2.24, 2.45) is 7.05 Å². The number of rotatable bonds is 2. The van der Waals surface area contributed by atoms with E-state index >= 15 is 0 Å². The van der Waals surface area contributed by atoms with Crippen LogP contribution in [0.5, 0.6) is 0 Å². The Balaban J connectivity index is 2.21. The molecule has 0 fully saturated rings. The van der Waals surface area contributed by atoms with Crippen molar-refractivity contribution in [2.75, 3.05) is 5.73 Å². The van der Waals surface area contributed by atoms with Crippen LogP contribution in [0.2, 0.25) is 0 Å². The summed E-state index contributed by atoms with van der Waals surface area (Å²) >= 11 is 0. The lowest BCUT2D eigenvalue weighted by atomic mass is 9.92. The van der Waals surface area contributed by atoms with Gasteiger partial charge < -0.3 is 5.73 Å². The molecule has 1 aliphatic rings. The number of carbonyl (C=O) groups excluding carboxylic acids is 1. The smallest absolute Gasteiger partial charge is 0.383 e. The van der Waals surface area contributed by atoms with Crippen LogP contribution >= 0.6 is 0 Å². The highest BCUT2D eigenvalue weighted by Crippen LogP contribution is 2.40. The number of nitrogens with zero attached hydrogens (tertiary/aromatic N) is 4. The van der Waals surface area contributed by atoms with Crippen molar-refractivity contribution in [3.05, 3.63) is 29.6 Å². The lowest BCUT2D eigenvalue weighted by molar-refractivity contribution is -0.141. The van der Waals surface area contributed by atoms with Gasteiger partial charge in [0.15, 0.2) is 17.3 Å². The van der Waals surface area contributed by atoms with Crippen LogP contribution in [0.15, 0.2) is 18.3 Å². The largest absolute Gasteiger partial charge is 0.435 e. The van der Waals surface area contributed by atoms with Gasteiger partial charge in [-0.1, -0.05) is 0 Å². The predicted molar refractivity (Wildman–Crippen MR) is 76.6 cm³/mol. The summed E-state index contributed by atoms with van der Waals surface area (Å²) in [5, 5.41) is 7.63. The second-order valence-corrected chi connectivity index (χ2v) is 5.36. The van der Waals surface area contributed by atoms with Crippen molar-refractivity contribution in [3.8, 4) is 5.82 Å². The summed E-state index contributed by atoms with van der Waals surface area (Å²) < 4.78 is 42.4. The first-order valence-corrected chi connectivity index (χ1v) is 6.97. The van der Waals surface area contributed by atoms with Gasteiger partial charge in [-0.25, -0.2) is 0 Å². The lowest BCUT2D eigenvalue weighted by Crippen LogP contribution is -2.11. The molecule has 9 heteroatoms. The minimum atomic E-state index is -4.68. The molecule has 23 heavy (non-hydrogen) atoms. The van der Waals surface area contributed by atoms with E-state index in [1.54, 1.807) is 13.2 Å². The number of anilines is 1. The van der Waals surface area contributed by atoms with Gasteiger partial charge in [0.25, 0.3) is 0 Å². The molecule has 1 aliphatic carbocycles. The van der Waals surface area contributed by atoms with Gasteiger partial charge in [0.1, 0.15) is 5.82 Å². The van der Waals surface area contributed by atoms with Crippen LogP contribution in [-0.2, 0) is 18.0 Å². The minimum Gasteiger partial charge on any atom is -0.383 e. The molecule has 0 spiro atoms. The van der Waals surface area contributed by atoms with Crippen LogP contribution in [0.1, 0.15) is 30.5 Å². The number of ketones is 1. The van der Waals surface area contributed by atoms with Crippen molar-refractivity contribution >= 4 is 17.2 Å². The number of carbonyl (C=O) groups is 1. The summed E-state index contributed by atoms with van der Waals surface area (Å²) in [6.07, 6.45) is -0.686. The Hall–Kier alpha value is -2.58.